The Balaban J connectivity index is 1.56. The Morgan fingerprint density at radius 2 is 1.72 bits per heavy atom. The number of pyridine rings is 1. The molecule has 2 aromatic carbocycles. The van der Waals surface area contributed by atoms with Crippen LogP contribution < -0.4 is 5.32 Å². The van der Waals surface area contributed by atoms with Crippen molar-refractivity contribution >= 4 is 28.9 Å². The number of anilines is 1. The summed E-state index contributed by atoms with van der Waals surface area (Å²) in [6.07, 6.45) is 5.08. The number of fused-ring (bicyclic) bond motifs is 2. The Bertz CT molecular complexity index is 1080. The first kappa shape index (κ1) is 21.7. The fourth-order valence-electron chi connectivity index (χ4n) is 5.62. The van der Waals surface area contributed by atoms with Crippen molar-refractivity contribution in [2.45, 2.75) is 49.4 Å². The van der Waals surface area contributed by atoms with E-state index in [1.54, 1.807) is 0 Å². The summed E-state index contributed by atoms with van der Waals surface area (Å²) in [4.78, 5) is 6.91. The van der Waals surface area contributed by atoms with Crippen molar-refractivity contribution in [1.82, 2.24) is 9.88 Å². The minimum absolute atomic E-state index is 0.204. The molecule has 3 aromatic rings. The molecule has 2 aliphatic rings. The molecule has 1 aromatic heterocycles. The van der Waals surface area contributed by atoms with Crippen LogP contribution in [0.25, 0.3) is 0 Å². The molecule has 2 saturated heterocycles. The van der Waals surface area contributed by atoms with Gasteiger partial charge in [0, 0.05) is 46.6 Å². The van der Waals surface area contributed by atoms with Gasteiger partial charge in [-0.2, -0.15) is 0 Å². The van der Waals surface area contributed by atoms with Crippen LogP contribution in [0, 0.1) is 0 Å². The predicted molar refractivity (Wildman–Crippen MR) is 130 cm³/mol. The lowest BCUT2D eigenvalue weighted by Crippen LogP contribution is -2.54. The molecular weight excluding hydrogens is 441 g/mol. The lowest BCUT2D eigenvalue weighted by Gasteiger charge is -2.49. The van der Waals surface area contributed by atoms with Gasteiger partial charge in [-0.1, -0.05) is 59.6 Å². The van der Waals surface area contributed by atoms with Crippen LogP contribution in [0.3, 0.4) is 0 Å². The van der Waals surface area contributed by atoms with Crippen molar-refractivity contribution in [3.05, 3.63) is 93.7 Å². The second kappa shape index (κ2) is 8.68. The maximum atomic E-state index is 12.0. The Morgan fingerprint density at radius 1 is 1.06 bits per heavy atom. The van der Waals surface area contributed by atoms with Crippen molar-refractivity contribution in [2.24, 2.45) is 0 Å². The third kappa shape index (κ3) is 3.80. The molecule has 32 heavy (non-hydrogen) atoms. The van der Waals surface area contributed by atoms with E-state index in [2.05, 4.69) is 21.3 Å². The van der Waals surface area contributed by atoms with Crippen LogP contribution in [0.1, 0.15) is 54.5 Å². The average Bonchev–Trinajstić information content (AvgIpc) is 3.00. The lowest BCUT2D eigenvalue weighted by atomic mass is 9.83. The number of nitrogens with zero attached hydrogens (tertiary/aromatic N) is 2. The van der Waals surface area contributed by atoms with Gasteiger partial charge in [0.1, 0.15) is 5.72 Å². The smallest absolute Gasteiger partial charge is 0.120 e. The van der Waals surface area contributed by atoms with Gasteiger partial charge < -0.3 is 10.4 Å². The minimum Gasteiger partial charge on any atom is -0.388 e. The zero-order valence-electron chi connectivity index (χ0n) is 18.0. The molecule has 6 heteroatoms. The minimum atomic E-state index is -0.950. The van der Waals surface area contributed by atoms with E-state index in [4.69, 9.17) is 23.2 Å². The van der Waals surface area contributed by atoms with Gasteiger partial charge in [0.15, 0.2) is 0 Å². The largest absolute Gasteiger partial charge is 0.388 e. The summed E-state index contributed by atoms with van der Waals surface area (Å²) < 4.78 is 0. The second-order valence-corrected chi connectivity index (χ2v) is 9.70. The van der Waals surface area contributed by atoms with Gasteiger partial charge in [-0.3, -0.25) is 9.88 Å². The van der Waals surface area contributed by atoms with E-state index >= 15 is 0 Å². The Kier molecular flexibility index (Phi) is 5.89. The molecule has 0 amide bonds. The predicted octanol–water partition coefficient (Wildman–Crippen LogP) is 6.25. The molecular formula is C26H27Cl2N3O. The Labute approximate surface area is 199 Å². The summed E-state index contributed by atoms with van der Waals surface area (Å²) in [5.74, 6) is 0.204. The molecule has 0 spiro atoms. The highest BCUT2D eigenvalue weighted by atomic mass is 35.5. The highest BCUT2D eigenvalue weighted by molar-refractivity contribution is 6.32. The van der Waals surface area contributed by atoms with E-state index in [1.807, 2.05) is 67.8 Å². The number of rotatable bonds is 5. The van der Waals surface area contributed by atoms with Crippen molar-refractivity contribution in [2.75, 3.05) is 12.4 Å². The normalized spacial score (nSPS) is 25.3. The molecule has 166 valence electrons. The SMILES string of the molecule is CNc1ccnc(C2CC3CCC(O)(C2)N3C(c2ccccc2Cl)c2ccccc2Cl)c1. The van der Waals surface area contributed by atoms with E-state index in [9.17, 15) is 5.11 Å². The molecule has 3 atom stereocenters. The number of halogens is 2. The highest BCUT2D eigenvalue weighted by Crippen LogP contribution is 2.54. The number of aromatic nitrogens is 1. The topological polar surface area (TPSA) is 48.4 Å². The van der Waals surface area contributed by atoms with Crippen molar-refractivity contribution in [3.8, 4) is 0 Å². The number of benzene rings is 2. The average molecular weight is 468 g/mol. The molecule has 4 nitrogen and oxygen atoms in total. The van der Waals surface area contributed by atoms with E-state index in [-0.39, 0.29) is 18.0 Å². The van der Waals surface area contributed by atoms with Gasteiger partial charge in [-0.05, 0) is 61.1 Å². The number of piperidine rings is 1. The fourth-order valence-corrected chi connectivity index (χ4v) is 6.09. The van der Waals surface area contributed by atoms with E-state index in [0.717, 1.165) is 41.8 Å². The summed E-state index contributed by atoms with van der Waals surface area (Å²) in [6.45, 7) is 0. The first-order chi connectivity index (χ1) is 15.5. The number of hydrogen-bond acceptors (Lipinski definition) is 4. The van der Waals surface area contributed by atoms with E-state index in [0.29, 0.717) is 16.5 Å². The molecule has 2 aliphatic heterocycles. The van der Waals surface area contributed by atoms with Gasteiger partial charge in [-0.15, -0.1) is 0 Å². The summed E-state index contributed by atoms with van der Waals surface area (Å²) >= 11 is 13.4. The van der Waals surface area contributed by atoms with Gasteiger partial charge in [0.05, 0.1) is 6.04 Å². The maximum absolute atomic E-state index is 12.0. The molecule has 2 bridgehead atoms. The third-order valence-corrected chi connectivity index (χ3v) is 7.74. The molecule has 3 unspecified atom stereocenters. The zero-order valence-corrected chi connectivity index (χ0v) is 19.5. The fraction of sp³-hybridized carbons (Fsp3) is 0.346. The number of nitrogens with one attached hydrogen (secondary N) is 1. The van der Waals surface area contributed by atoms with Gasteiger partial charge in [0.2, 0.25) is 0 Å². The van der Waals surface area contributed by atoms with Crippen LogP contribution in [0.15, 0.2) is 66.9 Å². The molecule has 0 radical (unpaired) electrons. The highest BCUT2D eigenvalue weighted by Gasteiger charge is 2.54. The summed E-state index contributed by atoms with van der Waals surface area (Å²) in [5.41, 5.74) is 3.08. The van der Waals surface area contributed by atoms with Crippen LogP contribution in [-0.2, 0) is 0 Å². The van der Waals surface area contributed by atoms with Crippen molar-refractivity contribution in [1.29, 1.82) is 0 Å². The maximum Gasteiger partial charge on any atom is 0.120 e. The Morgan fingerprint density at radius 3 is 2.31 bits per heavy atom. The quantitative estimate of drug-likeness (QED) is 0.465. The molecule has 5 rings (SSSR count). The summed E-state index contributed by atoms with van der Waals surface area (Å²) in [5, 5.41) is 16.6. The Hall–Kier alpha value is -2.11. The monoisotopic (exact) mass is 467 g/mol. The first-order valence-corrected chi connectivity index (χ1v) is 11.9. The molecule has 2 N–H and O–H groups in total. The van der Waals surface area contributed by atoms with E-state index < -0.39 is 5.72 Å². The van der Waals surface area contributed by atoms with Crippen LogP contribution in [0.4, 0.5) is 5.69 Å². The van der Waals surface area contributed by atoms with Crippen molar-refractivity contribution < 1.29 is 5.11 Å². The van der Waals surface area contributed by atoms with Crippen LogP contribution >= 0.6 is 23.2 Å². The molecule has 0 aliphatic carbocycles. The zero-order chi connectivity index (χ0) is 22.3. The first-order valence-electron chi connectivity index (χ1n) is 11.1. The standard InChI is InChI=1S/C26H27Cl2N3O/c1-29-18-11-13-30-24(15-18)17-14-19-10-12-26(32,16-17)31(19)25(20-6-2-4-8-22(20)27)21-7-3-5-9-23(21)28/h2-9,11,13,15,17,19,25,32H,10,12,14,16H2,1H3,(H,29,30). The lowest BCUT2D eigenvalue weighted by molar-refractivity contribution is -0.139. The summed E-state index contributed by atoms with van der Waals surface area (Å²) in [6, 6.07) is 19.8. The molecule has 2 fully saturated rings. The van der Waals surface area contributed by atoms with Gasteiger partial charge in [-0.25, -0.2) is 0 Å². The van der Waals surface area contributed by atoms with Crippen LogP contribution in [0.2, 0.25) is 10.0 Å². The van der Waals surface area contributed by atoms with Crippen LogP contribution in [-0.4, -0.2) is 33.8 Å². The van der Waals surface area contributed by atoms with Crippen LogP contribution in [0.5, 0.6) is 0 Å². The molecule has 0 saturated carbocycles. The number of hydrogen-bond donors (Lipinski definition) is 2. The number of aliphatic hydroxyl groups is 1. The molecule has 3 heterocycles. The summed E-state index contributed by atoms with van der Waals surface area (Å²) in [7, 11) is 1.91. The van der Waals surface area contributed by atoms with Gasteiger partial charge in [0.25, 0.3) is 0 Å². The van der Waals surface area contributed by atoms with Crippen molar-refractivity contribution in [3.63, 3.8) is 0 Å². The third-order valence-electron chi connectivity index (χ3n) is 7.05. The van der Waals surface area contributed by atoms with Gasteiger partial charge >= 0.3 is 0 Å². The van der Waals surface area contributed by atoms with E-state index in [1.165, 1.54) is 0 Å². The second-order valence-electron chi connectivity index (χ2n) is 8.88.